The summed E-state index contributed by atoms with van der Waals surface area (Å²) >= 11 is 2.75. The van der Waals surface area contributed by atoms with Gasteiger partial charge in [0.15, 0.2) is 4.34 Å². The summed E-state index contributed by atoms with van der Waals surface area (Å²) < 4.78 is 32.8. The maximum absolute atomic E-state index is 13.0. The second kappa shape index (κ2) is 11.5. The normalized spacial score (nSPS) is 12.1. The zero-order chi connectivity index (χ0) is 25.5. The van der Waals surface area contributed by atoms with Crippen LogP contribution in [0.25, 0.3) is 0 Å². The van der Waals surface area contributed by atoms with E-state index in [-0.39, 0.29) is 0 Å². The number of ether oxygens (including phenoxy) is 1. The maximum Gasteiger partial charge on any atom is 0.249 e. The maximum atomic E-state index is 13.0. The van der Waals surface area contributed by atoms with Crippen LogP contribution in [0, 0.1) is 0 Å². The van der Waals surface area contributed by atoms with Crippen LogP contribution in [0.1, 0.15) is 12.5 Å². The molecule has 0 spiro atoms. The van der Waals surface area contributed by atoms with E-state index in [0.717, 1.165) is 21.9 Å². The Morgan fingerprint density at radius 1 is 0.972 bits per heavy atom. The molecule has 0 unspecified atom stereocenters. The largest absolute Gasteiger partial charge is 0.457 e. The number of nitrogens with one attached hydrogen (secondary N) is 1. The number of amides is 1. The zero-order valence-corrected chi connectivity index (χ0v) is 22.0. The van der Waals surface area contributed by atoms with Crippen LogP contribution in [-0.2, 0) is 20.6 Å². The molecule has 4 aromatic rings. The molecule has 36 heavy (non-hydrogen) atoms. The quantitative estimate of drug-likeness (QED) is 0.212. The first-order valence-electron chi connectivity index (χ1n) is 10.9. The number of rotatable bonds is 10. The van der Waals surface area contributed by atoms with Gasteiger partial charge in [-0.25, -0.2) is 8.42 Å². The number of hydrogen-bond donors (Lipinski definition) is 1. The summed E-state index contributed by atoms with van der Waals surface area (Å²) in [6, 6.07) is 24.7. The SMILES string of the molecule is C[C@H](C(=O)Nc1nnc(SCc2ccccc2)s1)N(c1ccc(Oc2ccccc2)cc1)S(C)(=O)=O. The molecule has 0 saturated heterocycles. The van der Waals surface area contributed by atoms with Gasteiger partial charge in [0.25, 0.3) is 0 Å². The molecule has 3 aromatic carbocycles. The molecule has 0 aliphatic rings. The predicted octanol–water partition coefficient (Wildman–Crippen LogP) is 5.42. The molecule has 1 aromatic heterocycles. The van der Waals surface area contributed by atoms with E-state index in [1.165, 1.54) is 30.0 Å². The molecular weight excluding hydrogens is 517 g/mol. The van der Waals surface area contributed by atoms with Crippen LogP contribution in [0.2, 0.25) is 0 Å². The van der Waals surface area contributed by atoms with Crippen molar-refractivity contribution in [1.82, 2.24) is 10.2 Å². The Balaban J connectivity index is 1.42. The molecule has 0 radical (unpaired) electrons. The summed E-state index contributed by atoms with van der Waals surface area (Å²) in [7, 11) is -3.77. The molecule has 4 rings (SSSR count). The fourth-order valence-electron chi connectivity index (χ4n) is 3.34. The van der Waals surface area contributed by atoms with Crippen LogP contribution < -0.4 is 14.4 Å². The lowest BCUT2D eigenvalue weighted by molar-refractivity contribution is -0.116. The lowest BCUT2D eigenvalue weighted by Crippen LogP contribution is -2.45. The van der Waals surface area contributed by atoms with Gasteiger partial charge in [-0.1, -0.05) is 71.6 Å². The number of sulfonamides is 1. The molecule has 0 aliphatic carbocycles. The highest BCUT2D eigenvalue weighted by Crippen LogP contribution is 2.30. The summed E-state index contributed by atoms with van der Waals surface area (Å²) in [5, 5.41) is 11.1. The van der Waals surface area contributed by atoms with E-state index in [1.807, 2.05) is 60.7 Å². The van der Waals surface area contributed by atoms with Gasteiger partial charge in [-0.05, 0) is 48.9 Å². The molecule has 186 valence electrons. The van der Waals surface area contributed by atoms with Crippen molar-refractivity contribution in [2.45, 2.75) is 23.1 Å². The molecule has 0 saturated carbocycles. The van der Waals surface area contributed by atoms with E-state index in [4.69, 9.17) is 4.74 Å². The fraction of sp³-hybridized carbons (Fsp3) is 0.160. The molecule has 1 N–H and O–H groups in total. The van der Waals surface area contributed by atoms with E-state index >= 15 is 0 Å². The number of carbonyl (C=O) groups is 1. The van der Waals surface area contributed by atoms with Gasteiger partial charge < -0.3 is 4.74 Å². The van der Waals surface area contributed by atoms with Gasteiger partial charge in [0, 0.05) is 5.75 Å². The number of anilines is 2. The molecule has 0 fully saturated rings. The number of para-hydroxylation sites is 1. The highest BCUT2D eigenvalue weighted by Gasteiger charge is 2.30. The summed E-state index contributed by atoms with van der Waals surface area (Å²) in [5.41, 5.74) is 1.50. The van der Waals surface area contributed by atoms with Crippen LogP contribution >= 0.6 is 23.1 Å². The predicted molar refractivity (Wildman–Crippen MR) is 144 cm³/mol. The van der Waals surface area contributed by atoms with Crippen LogP contribution in [0.4, 0.5) is 10.8 Å². The summed E-state index contributed by atoms with van der Waals surface area (Å²) in [6.07, 6.45) is 1.06. The van der Waals surface area contributed by atoms with Gasteiger partial charge in [0.1, 0.15) is 17.5 Å². The van der Waals surface area contributed by atoms with Crippen molar-refractivity contribution < 1.29 is 17.9 Å². The van der Waals surface area contributed by atoms with Gasteiger partial charge in [0.2, 0.25) is 21.1 Å². The first-order chi connectivity index (χ1) is 17.3. The van der Waals surface area contributed by atoms with Gasteiger partial charge in [-0.2, -0.15) is 0 Å². The van der Waals surface area contributed by atoms with E-state index in [2.05, 4.69) is 15.5 Å². The molecule has 1 amide bonds. The Labute approximate surface area is 218 Å². The number of hydrogen-bond acceptors (Lipinski definition) is 8. The summed E-state index contributed by atoms with van der Waals surface area (Å²) in [5.74, 6) is 1.42. The fourth-order valence-corrected chi connectivity index (χ4v) is 6.23. The number of aromatic nitrogens is 2. The van der Waals surface area contributed by atoms with Crippen molar-refractivity contribution in [1.29, 1.82) is 0 Å². The molecule has 8 nitrogen and oxygen atoms in total. The third-order valence-corrected chi connectivity index (χ3v) is 8.29. The Bertz CT molecular complexity index is 1400. The minimum absolute atomic E-state index is 0.308. The second-order valence-electron chi connectivity index (χ2n) is 7.78. The smallest absolute Gasteiger partial charge is 0.249 e. The van der Waals surface area contributed by atoms with E-state index in [1.54, 1.807) is 24.3 Å². The van der Waals surface area contributed by atoms with Crippen LogP contribution in [0.5, 0.6) is 11.5 Å². The summed E-state index contributed by atoms with van der Waals surface area (Å²) in [4.78, 5) is 13.0. The average molecular weight is 541 g/mol. The third kappa shape index (κ3) is 6.84. The molecule has 0 aliphatic heterocycles. The van der Waals surface area contributed by atoms with Crippen molar-refractivity contribution >= 4 is 49.8 Å². The Morgan fingerprint density at radius 3 is 2.22 bits per heavy atom. The standard InChI is InChI=1S/C25H24N4O4S3/c1-18(23(30)26-24-27-28-25(35-24)34-17-19-9-5-3-6-10-19)29(36(2,31)32)20-13-15-22(16-14-20)33-21-11-7-4-8-12-21/h3-16,18H,17H2,1-2H3,(H,26,27,30)/t18-/m1/s1. The lowest BCUT2D eigenvalue weighted by atomic mass is 10.2. The molecule has 0 bridgehead atoms. The van der Waals surface area contributed by atoms with Crippen LogP contribution in [0.15, 0.2) is 89.3 Å². The average Bonchev–Trinajstić information content (AvgIpc) is 3.31. The monoisotopic (exact) mass is 540 g/mol. The first-order valence-corrected chi connectivity index (χ1v) is 14.6. The minimum atomic E-state index is -3.77. The number of carbonyl (C=O) groups excluding carboxylic acids is 1. The van der Waals surface area contributed by atoms with Gasteiger partial charge in [-0.15, -0.1) is 10.2 Å². The Hall–Kier alpha value is -3.41. The van der Waals surface area contributed by atoms with E-state index in [9.17, 15) is 13.2 Å². The van der Waals surface area contributed by atoms with Gasteiger partial charge in [0.05, 0.1) is 11.9 Å². The molecule has 1 heterocycles. The van der Waals surface area contributed by atoms with Crippen molar-refractivity contribution in [3.63, 3.8) is 0 Å². The van der Waals surface area contributed by atoms with Crippen molar-refractivity contribution in [3.8, 4) is 11.5 Å². The van der Waals surface area contributed by atoms with E-state index in [0.29, 0.717) is 26.7 Å². The number of thioether (sulfide) groups is 1. The van der Waals surface area contributed by atoms with E-state index < -0.39 is 22.0 Å². The lowest BCUT2D eigenvalue weighted by Gasteiger charge is -2.28. The topological polar surface area (TPSA) is 101 Å². The Morgan fingerprint density at radius 2 is 1.58 bits per heavy atom. The molecular formula is C25H24N4O4S3. The molecule has 1 atom stereocenters. The Kier molecular flexibility index (Phi) is 8.24. The second-order valence-corrected chi connectivity index (χ2v) is 11.8. The first kappa shape index (κ1) is 25.7. The van der Waals surface area contributed by atoms with Crippen LogP contribution in [0.3, 0.4) is 0 Å². The van der Waals surface area contributed by atoms with Crippen molar-refractivity contribution in [2.75, 3.05) is 15.9 Å². The van der Waals surface area contributed by atoms with Crippen molar-refractivity contribution in [2.24, 2.45) is 0 Å². The van der Waals surface area contributed by atoms with Crippen molar-refractivity contribution in [3.05, 3.63) is 90.5 Å². The summed E-state index contributed by atoms with van der Waals surface area (Å²) in [6.45, 7) is 1.52. The minimum Gasteiger partial charge on any atom is -0.457 e. The third-order valence-electron chi connectivity index (χ3n) is 5.00. The zero-order valence-electron chi connectivity index (χ0n) is 19.6. The van der Waals surface area contributed by atoms with Gasteiger partial charge in [-0.3, -0.25) is 14.4 Å². The van der Waals surface area contributed by atoms with Gasteiger partial charge >= 0.3 is 0 Å². The highest BCUT2D eigenvalue weighted by atomic mass is 32.2. The van der Waals surface area contributed by atoms with Crippen LogP contribution in [-0.4, -0.2) is 36.8 Å². The highest BCUT2D eigenvalue weighted by molar-refractivity contribution is 8.00. The molecule has 11 heteroatoms. The number of nitrogens with zero attached hydrogens (tertiary/aromatic N) is 3. The number of benzene rings is 3.